The smallest absolute Gasteiger partial charge is 0.217 e. The molecule has 8 fully saturated rings. The normalized spacial score (nSPS) is 49.2. The molecule has 99 heavy (non-hydrogen) atoms. The number of rotatable bonds is 28. The van der Waals surface area contributed by atoms with Gasteiger partial charge in [-0.2, -0.15) is 0 Å². The lowest BCUT2D eigenvalue weighted by Crippen LogP contribution is -2.71. The van der Waals surface area contributed by atoms with E-state index in [1.807, 2.05) is 0 Å². The molecule has 0 aromatic rings. The van der Waals surface area contributed by atoms with Crippen LogP contribution in [0.3, 0.4) is 0 Å². The van der Waals surface area contributed by atoms with Gasteiger partial charge in [0.25, 0.3) is 0 Å². The molecular weight excluding hydrogens is 1350 g/mol. The van der Waals surface area contributed by atoms with E-state index < -0.39 is 297 Å². The Morgan fingerprint density at radius 1 is 0.323 bits per heavy atom. The zero-order valence-electron chi connectivity index (χ0n) is 54.2. The summed E-state index contributed by atoms with van der Waals surface area (Å²) in [5, 5.41) is 237. The van der Waals surface area contributed by atoms with Crippen molar-refractivity contribution >= 4 is 11.8 Å². The Balaban J connectivity index is 1.17. The fourth-order valence-corrected chi connectivity index (χ4v) is 12.8. The van der Waals surface area contributed by atoms with E-state index in [-0.39, 0.29) is 6.61 Å². The van der Waals surface area contributed by atoms with Crippen LogP contribution >= 0.6 is 0 Å². The Morgan fingerprint density at radius 3 is 1.11 bits per heavy atom. The van der Waals surface area contributed by atoms with Crippen LogP contribution in [0.1, 0.15) is 47.0 Å². The Hall–Kier alpha value is -2.58. The predicted molar refractivity (Wildman–Crippen MR) is 311 cm³/mol. The summed E-state index contributed by atoms with van der Waals surface area (Å²) in [4.78, 5) is 26.7. The van der Waals surface area contributed by atoms with E-state index in [1.165, 1.54) is 13.8 Å². The van der Waals surface area contributed by atoms with Crippen LogP contribution in [0.5, 0.6) is 0 Å². The number of aliphatic hydroxyl groups excluding tert-OH is 21. The van der Waals surface area contributed by atoms with Gasteiger partial charge in [0.1, 0.15) is 183 Å². The Labute approximate surface area is 564 Å². The summed E-state index contributed by atoms with van der Waals surface area (Å²) >= 11 is 0. The molecule has 8 saturated heterocycles. The highest BCUT2D eigenvalue weighted by molar-refractivity contribution is 5.73. The summed E-state index contributed by atoms with van der Waals surface area (Å²) in [5.41, 5.74) is 5.60. The summed E-state index contributed by atoms with van der Waals surface area (Å²) in [5.74, 6) is -1.86. The third kappa shape index (κ3) is 18.6. The maximum absolute atomic E-state index is 13.4. The first-order chi connectivity index (χ1) is 46.9. The third-order valence-electron chi connectivity index (χ3n) is 18.5. The van der Waals surface area contributed by atoms with Crippen molar-refractivity contribution in [1.82, 2.24) is 10.6 Å². The van der Waals surface area contributed by atoms with Crippen LogP contribution < -0.4 is 16.4 Å². The number of aliphatic hydroxyl groups is 21. The molecule has 0 aliphatic carbocycles. The minimum absolute atomic E-state index is 0.0138. The van der Waals surface area contributed by atoms with Crippen LogP contribution in [-0.2, 0) is 85.4 Å². The van der Waals surface area contributed by atoms with Crippen LogP contribution in [0.2, 0.25) is 0 Å². The van der Waals surface area contributed by atoms with E-state index in [0.29, 0.717) is 25.8 Å². The van der Waals surface area contributed by atoms with Crippen LogP contribution in [0, 0.1) is 0 Å². The van der Waals surface area contributed by atoms with Crippen molar-refractivity contribution in [2.45, 2.75) is 292 Å². The fourth-order valence-electron chi connectivity index (χ4n) is 12.8. The summed E-state index contributed by atoms with van der Waals surface area (Å²) in [7, 11) is 0. The van der Waals surface area contributed by atoms with Gasteiger partial charge in [-0.25, -0.2) is 0 Å². The number of hydrogen-bond acceptors (Lipinski definition) is 40. The van der Waals surface area contributed by atoms with Crippen LogP contribution in [0.15, 0.2) is 0 Å². The molecule has 8 rings (SSSR count). The van der Waals surface area contributed by atoms with E-state index in [0.717, 1.165) is 13.8 Å². The van der Waals surface area contributed by atoms with Gasteiger partial charge in [0.2, 0.25) is 11.8 Å². The molecule has 576 valence electrons. The number of carbonyl (C=O) groups excluding carboxylic acids is 2. The third-order valence-corrected chi connectivity index (χ3v) is 18.5. The van der Waals surface area contributed by atoms with Gasteiger partial charge in [-0.3, -0.25) is 9.59 Å². The molecule has 8 aliphatic rings. The van der Waals surface area contributed by atoms with Gasteiger partial charge in [0, 0.05) is 20.5 Å². The van der Waals surface area contributed by atoms with Crippen molar-refractivity contribution < 1.29 is 193 Å². The number of nitrogens with two attached hydrogens (primary N) is 1. The highest BCUT2D eigenvalue weighted by atomic mass is 16.8. The first kappa shape index (κ1) is 82.1. The van der Waals surface area contributed by atoms with Gasteiger partial charge in [-0.05, 0) is 39.7 Å². The highest BCUT2D eigenvalue weighted by Crippen LogP contribution is 2.40. The Bertz CT molecular complexity index is 2460. The molecule has 25 N–H and O–H groups in total. The van der Waals surface area contributed by atoms with Gasteiger partial charge >= 0.3 is 0 Å². The Morgan fingerprint density at radius 2 is 0.667 bits per heavy atom. The van der Waals surface area contributed by atoms with Crippen LogP contribution in [0.4, 0.5) is 0 Å². The second-order valence-corrected chi connectivity index (χ2v) is 25.5. The zero-order chi connectivity index (χ0) is 72.8. The van der Waals surface area contributed by atoms with E-state index in [9.17, 15) is 117 Å². The Kier molecular flexibility index (Phi) is 30.4. The molecule has 8 aliphatic heterocycles. The minimum atomic E-state index is -2.40. The van der Waals surface area contributed by atoms with Gasteiger partial charge in [0.05, 0.1) is 51.8 Å². The molecule has 0 saturated carbocycles. The number of amides is 2. The topological polar surface area (TPSA) is 657 Å². The van der Waals surface area contributed by atoms with Gasteiger partial charge in [0.15, 0.2) is 50.3 Å². The molecule has 40 atom stereocenters. The average molecular weight is 1450 g/mol. The van der Waals surface area contributed by atoms with Crippen LogP contribution in [-0.4, -0.2) is 417 Å². The largest absolute Gasteiger partial charge is 0.394 e. The number of nitrogens with one attached hydrogen (secondary N) is 2. The molecule has 42 heteroatoms. The predicted octanol–water partition coefficient (Wildman–Crippen LogP) is -15.0. The maximum atomic E-state index is 13.4. The lowest BCUT2D eigenvalue weighted by molar-refractivity contribution is -0.395. The second kappa shape index (κ2) is 36.6. The number of ether oxygens (including phenoxy) is 16. The van der Waals surface area contributed by atoms with Crippen molar-refractivity contribution in [3.05, 3.63) is 0 Å². The molecule has 0 bridgehead atoms. The molecule has 42 nitrogen and oxygen atoms in total. The summed E-state index contributed by atoms with van der Waals surface area (Å²) in [6, 6.07) is -3.80. The first-order valence-electron chi connectivity index (χ1n) is 32.5. The SMILES string of the molecule is CC(=O)N[C@H]1[C@H](OC[C@H]2O[C@@H](O[C@H]3[C@H](O)[C@@H](O)[C@H](OCCCCCN)O[C@@H]3CO)[C@H](O)[C@@H](O[C@@H]3O[C@H](CO)[C@@H](O[C@@H]4O[C@H](CO)[C@H](O)[C@H](O)[C@H]4O)[C@H](O[C@@H]4O[C@@H](C)[C@@H](O)[C@@H](O)[C@@H]4O)[C@H]3NC(C)=O)[C@H]2O)O[C@H](CO)[C@@H](O[C@@H]2O[C@H](CO)[C@H](O)[C@H](O)[C@H]2O)[C@@H]1O[C@@H]1O[C@@H](C)[C@@H](O)[C@@H](O)[C@@H]1O. The van der Waals surface area contributed by atoms with Crippen molar-refractivity contribution in [2.24, 2.45) is 5.73 Å². The molecule has 0 spiro atoms. The fraction of sp³-hybridized carbons (Fsp3) is 0.965. The molecule has 2 amide bonds. The number of hydrogen-bond donors (Lipinski definition) is 24. The maximum Gasteiger partial charge on any atom is 0.217 e. The standard InChI is InChI=1S/C57H99N3O39/c1-16-28(68)33(73)38(78)53(86-16)97-47-26(59-18(3)66)50(90-23(13-64)45(47)95-55-40(80)35(75)30(70)20(10-61)88-55)85-15-25-32(72)49(43(83)57(93-25)94-44-22(12-63)92-52(42(82)37(44)77)84-9-7-5-6-8-58)99-51-27(60-19(4)67)48(98-54-39(79)34(74)29(69)17(2)87-54)46(24(14-65)91-51)96-56-41(81)36(76)31(71)21(11-62)89-56/h16-17,20-57,61-65,68-83H,5-15,58H2,1-4H3,(H,59,66)(H,60,67)/t16-,17-,20+,21+,22+,23+,24+,25+,26+,27+,28+,29+,30-,31-,32-,33+,34+,35-,36-,37+,38-,39-,40+,41+,42+,43+,44+,45+,46+,47+,48+,49-,50+,51-,52+,53-,54-,55-,56-,57-/m0/s1. The molecular formula is C57H99N3O39. The lowest BCUT2D eigenvalue weighted by atomic mass is 9.93. The average Bonchev–Trinajstić information content (AvgIpc) is 0.765. The van der Waals surface area contributed by atoms with E-state index in [2.05, 4.69) is 10.6 Å². The molecule has 8 heterocycles. The quantitative estimate of drug-likeness (QED) is 0.0324. The summed E-state index contributed by atoms with van der Waals surface area (Å²) in [6.45, 7) is -1.34. The lowest BCUT2D eigenvalue weighted by Gasteiger charge is -2.52. The zero-order valence-corrected chi connectivity index (χ0v) is 54.2. The van der Waals surface area contributed by atoms with Crippen molar-refractivity contribution in [3.8, 4) is 0 Å². The van der Waals surface area contributed by atoms with Crippen LogP contribution in [0.25, 0.3) is 0 Å². The molecule has 0 unspecified atom stereocenters. The van der Waals surface area contributed by atoms with Gasteiger partial charge in [-0.1, -0.05) is 0 Å². The molecule has 0 aromatic carbocycles. The number of unbranched alkanes of at least 4 members (excludes halogenated alkanes) is 2. The van der Waals surface area contributed by atoms with Crippen molar-refractivity contribution in [1.29, 1.82) is 0 Å². The van der Waals surface area contributed by atoms with E-state index in [1.54, 1.807) is 0 Å². The van der Waals surface area contributed by atoms with Crippen molar-refractivity contribution in [2.75, 3.05) is 52.8 Å². The number of carbonyl (C=O) groups is 2. The minimum Gasteiger partial charge on any atom is -0.394 e. The van der Waals surface area contributed by atoms with Gasteiger partial charge in [-0.15, -0.1) is 0 Å². The molecule has 0 radical (unpaired) electrons. The van der Waals surface area contributed by atoms with E-state index in [4.69, 9.17) is 81.5 Å². The first-order valence-corrected chi connectivity index (χ1v) is 32.5. The highest BCUT2D eigenvalue weighted by Gasteiger charge is 2.60. The summed E-state index contributed by atoms with van der Waals surface area (Å²) < 4.78 is 96.3. The van der Waals surface area contributed by atoms with E-state index >= 15 is 0 Å². The second-order valence-electron chi connectivity index (χ2n) is 25.5. The summed E-state index contributed by atoms with van der Waals surface area (Å²) in [6.07, 6.45) is -72.2. The van der Waals surface area contributed by atoms with Gasteiger partial charge < -0.3 is 199 Å². The van der Waals surface area contributed by atoms with Crippen molar-refractivity contribution in [3.63, 3.8) is 0 Å². The monoisotopic (exact) mass is 1450 g/mol. The molecule has 0 aromatic heterocycles.